The molecule has 0 spiro atoms. The number of carbonyl (C=O) groups is 2. The number of rotatable bonds is 3. The first-order valence-electron chi connectivity index (χ1n) is 6.63. The number of carboxylic acid groups (broad SMARTS) is 1. The predicted molar refractivity (Wildman–Crippen MR) is 85.8 cm³/mol. The first-order valence-corrected chi connectivity index (χ1v) is 7.44. The molecule has 0 unspecified atom stereocenters. The van der Waals surface area contributed by atoms with Crippen LogP contribution >= 0.6 is 11.8 Å². The van der Waals surface area contributed by atoms with Crippen LogP contribution in [0.25, 0.3) is 6.08 Å². The summed E-state index contributed by atoms with van der Waals surface area (Å²) in [7, 11) is 0. The second-order valence-corrected chi connectivity index (χ2v) is 5.64. The van der Waals surface area contributed by atoms with E-state index in [2.05, 4.69) is 15.3 Å². The van der Waals surface area contributed by atoms with Gasteiger partial charge in [0, 0.05) is 12.4 Å². The van der Waals surface area contributed by atoms with Crippen LogP contribution in [0.1, 0.15) is 15.9 Å². The minimum Gasteiger partial charge on any atom is -0.545 e. The maximum absolute atomic E-state index is 11.9. The minimum atomic E-state index is -1.27. The summed E-state index contributed by atoms with van der Waals surface area (Å²) in [5, 5.41) is 13.9. The van der Waals surface area contributed by atoms with Crippen LogP contribution in [0.15, 0.2) is 58.7 Å². The number of carboxylic acids is 1. The summed E-state index contributed by atoms with van der Waals surface area (Å²) in [6, 6.07) is 9.65. The lowest BCUT2D eigenvalue weighted by atomic mass is 10.2. The Kier molecular flexibility index (Phi) is 4.20. The molecule has 6 nitrogen and oxygen atoms in total. The van der Waals surface area contributed by atoms with E-state index in [-0.39, 0.29) is 11.5 Å². The van der Waals surface area contributed by atoms with Crippen LogP contribution in [-0.2, 0) is 4.79 Å². The summed E-state index contributed by atoms with van der Waals surface area (Å²) in [5.74, 6) is -1.53. The Balaban J connectivity index is 1.83. The van der Waals surface area contributed by atoms with Gasteiger partial charge >= 0.3 is 0 Å². The molecule has 1 fully saturated rings. The van der Waals surface area contributed by atoms with Gasteiger partial charge in [-0.2, -0.15) is 0 Å². The van der Waals surface area contributed by atoms with Crippen LogP contribution in [0.5, 0.6) is 0 Å². The molecule has 0 radical (unpaired) electrons. The molecule has 1 aliphatic rings. The Labute approximate surface area is 136 Å². The van der Waals surface area contributed by atoms with Gasteiger partial charge in [0.15, 0.2) is 5.17 Å². The molecule has 1 aromatic heterocycles. The zero-order valence-electron chi connectivity index (χ0n) is 11.7. The highest BCUT2D eigenvalue weighted by Crippen LogP contribution is 2.28. The van der Waals surface area contributed by atoms with Gasteiger partial charge in [0.05, 0.1) is 16.6 Å². The number of nitrogens with one attached hydrogen (secondary N) is 1. The van der Waals surface area contributed by atoms with Gasteiger partial charge in [0.25, 0.3) is 5.91 Å². The van der Waals surface area contributed by atoms with Crippen molar-refractivity contribution in [1.29, 1.82) is 0 Å². The van der Waals surface area contributed by atoms with Gasteiger partial charge in [-0.05, 0) is 47.2 Å². The fourth-order valence-electron chi connectivity index (χ4n) is 1.91. The number of amides is 1. The lowest BCUT2D eigenvalue weighted by molar-refractivity contribution is -0.255. The lowest BCUT2D eigenvalue weighted by Gasteiger charge is -2.02. The van der Waals surface area contributed by atoms with Gasteiger partial charge in [-0.3, -0.25) is 9.78 Å². The van der Waals surface area contributed by atoms with Gasteiger partial charge < -0.3 is 15.2 Å². The van der Waals surface area contributed by atoms with Gasteiger partial charge in [-0.25, -0.2) is 4.99 Å². The molecule has 7 heteroatoms. The third kappa shape index (κ3) is 3.64. The van der Waals surface area contributed by atoms with E-state index < -0.39 is 5.97 Å². The molecule has 0 aliphatic carbocycles. The molecule has 1 aliphatic heterocycles. The average molecular weight is 324 g/mol. The molecule has 1 saturated heterocycles. The highest BCUT2D eigenvalue weighted by Gasteiger charge is 2.23. The van der Waals surface area contributed by atoms with Crippen LogP contribution in [-0.4, -0.2) is 22.0 Å². The van der Waals surface area contributed by atoms with Gasteiger partial charge in [0.2, 0.25) is 0 Å². The minimum absolute atomic E-state index is 0.0345. The number of aromatic carboxylic acids is 1. The van der Waals surface area contributed by atoms with Crippen molar-refractivity contribution in [2.75, 3.05) is 0 Å². The average Bonchev–Trinajstić information content (AvgIpc) is 2.88. The monoisotopic (exact) mass is 324 g/mol. The first-order chi connectivity index (χ1) is 11.1. The Morgan fingerprint density at radius 2 is 2.17 bits per heavy atom. The highest BCUT2D eigenvalue weighted by atomic mass is 32.2. The fourth-order valence-corrected chi connectivity index (χ4v) is 2.75. The number of aliphatic imine (C=N–C) groups is 1. The van der Waals surface area contributed by atoms with Crippen molar-refractivity contribution in [2.45, 2.75) is 0 Å². The topological polar surface area (TPSA) is 94.5 Å². The Hall–Kier alpha value is -2.93. The van der Waals surface area contributed by atoms with E-state index in [4.69, 9.17) is 0 Å². The van der Waals surface area contributed by atoms with Crippen molar-refractivity contribution in [3.8, 4) is 0 Å². The molecule has 0 atom stereocenters. The van der Waals surface area contributed by atoms with Crippen LogP contribution < -0.4 is 10.4 Å². The molecule has 3 rings (SSSR count). The quantitative estimate of drug-likeness (QED) is 0.860. The molecule has 0 saturated carbocycles. The van der Waals surface area contributed by atoms with Crippen LogP contribution in [0.3, 0.4) is 0 Å². The van der Waals surface area contributed by atoms with Gasteiger partial charge in [0.1, 0.15) is 0 Å². The Bertz CT molecular complexity index is 831. The molecule has 1 amide bonds. The molecule has 23 heavy (non-hydrogen) atoms. The summed E-state index contributed by atoms with van der Waals surface area (Å²) in [6.07, 6.45) is 5.02. The molecule has 114 valence electrons. The molecular formula is C16H10N3O3S-. The maximum atomic E-state index is 11.9. The maximum Gasteiger partial charge on any atom is 0.264 e. The zero-order valence-corrected chi connectivity index (χ0v) is 12.5. The van der Waals surface area contributed by atoms with E-state index in [0.717, 1.165) is 5.56 Å². The van der Waals surface area contributed by atoms with Gasteiger partial charge in [-0.1, -0.05) is 18.2 Å². The zero-order chi connectivity index (χ0) is 16.2. The number of hydrogen-bond acceptors (Lipinski definition) is 6. The van der Waals surface area contributed by atoms with Crippen LogP contribution in [0.4, 0.5) is 5.69 Å². The predicted octanol–water partition coefficient (Wildman–Crippen LogP) is 1.34. The number of pyridine rings is 1. The summed E-state index contributed by atoms with van der Waals surface area (Å²) < 4.78 is 0. The van der Waals surface area contributed by atoms with E-state index in [1.165, 1.54) is 23.9 Å². The Morgan fingerprint density at radius 1 is 1.30 bits per heavy atom. The number of benzene rings is 1. The SMILES string of the molecule is O=C1NC(=Nc2cccc(C(=O)[O-])c2)SC1=Cc1cccnc1. The normalized spacial score (nSPS) is 17.5. The fraction of sp³-hybridized carbons (Fsp3) is 0. The van der Waals surface area contributed by atoms with E-state index in [9.17, 15) is 14.7 Å². The number of hydrogen-bond donors (Lipinski definition) is 1. The van der Waals surface area contributed by atoms with E-state index >= 15 is 0 Å². The van der Waals surface area contributed by atoms with Crippen LogP contribution in [0.2, 0.25) is 0 Å². The number of carbonyl (C=O) groups excluding carboxylic acids is 2. The third-order valence-electron chi connectivity index (χ3n) is 2.95. The first kappa shape index (κ1) is 15.0. The summed E-state index contributed by atoms with van der Waals surface area (Å²) >= 11 is 1.18. The molecule has 1 aromatic carbocycles. The molecule has 1 N–H and O–H groups in total. The molecule has 2 heterocycles. The lowest BCUT2D eigenvalue weighted by Crippen LogP contribution is -2.22. The number of nitrogens with zero attached hydrogens (tertiary/aromatic N) is 2. The highest BCUT2D eigenvalue weighted by molar-refractivity contribution is 8.18. The van der Waals surface area contributed by atoms with E-state index in [0.29, 0.717) is 15.8 Å². The third-order valence-corrected chi connectivity index (χ3v) is 3.86. The second kappa shape index (κ2) is 6.45. The van der Waals surface area contributed by atoms with E-state index in [1.54, 1.807) is 36.7 Å². The molecular weight excluding hydrogens is 314 g/mol. The second-order valence-electron chi connectivity index (χ2n) is 4.61. The summed E-state index contributed by atoms with van der Waals surface area (Å²) in [4.78, 5) is 31.5. The van der Waals surface area contributed by atoms with Crippen molar-refractivity contribution in [3.63, 3.8) is 0 Å². The summed E-state index contributed by atoms with van der Waals surface area (Å²) in [6.45, 7) is 0. The summed E-state index contributed by atoms with van der Waals surface area (Å²) in [5.41, 5.74) is 1.27. The van der Waals surface area contributed by atoms with Crippen molar-refractivity contribution in [2.24, 2.45) is 4.99 Å². The van der Waals surface area contributed by atoms with Crippen molar-refractivity contribution >= 4 is 40.6 Å². The smallest absolute Gasteiger partial charge is 0.264 e. The van der Waals surface area contributed by atoms with Gasteiger partial charge in [-0.15, -0.1) is 0 Å². The molecule has 0 bridgehead atoms. The van der Waals surface area contributed by atoms with Crippen molar-refractivity contribution in [3.05, 3.63) is 64.8 Å². The van der Waals surface area contributed by atoms with Crippen molar-refractivity contribution < 1.29 is 14.7 Å². The largest absolute Gasteiger partial charge is 0.545 e. The van der Waals surface area contributed by atoms with Crippen molar-refractivity contribution in [1.82, 2.24) is 10.3 Å². The Morgan fingerprint density at radius 3 is 2.91 bits per heavy atom. The number of aromatic nitrogens is 1. The number of thioether (sulfide) groups is 1. The molecule has 2 aromatic rings. The van der Waals surface area contributed by atoms with Crippen LogP contribution in [0, 0.1) is 0 Å². The van der Waals surface area contributed by atoms with E-state index in [1.807, 2.05) is 6.07 Å². The standard InChI is InChI=1S/C16H11N3O3S/c20-14-13(7-10-3-2-6-17-9-10)23-16(19-14)18-12-5-1-4-11(8-12)15(21)22/h1-9H,(H,21,22)(H,18,19,20)/p-1. The number of amidine groups is 1.